The second-order valence-electron chi connectivity index (χ2n) is 4.20. The van der Waals surface area contributed by atoms with E-state index in [0.717, 1.165) is 13.1 Å². The fraction of sp³-hybridized carbons (Fsp3) is 0.571. The van der Waals surface area contributed by atoms with Gasteiger partial charge in [-0.05, 0) is 25.5 Å². The third-order valence-corrected chi connectivity index (χ3v) is 3.02. The van der Waals surface area contributed by atoms with E-state index in [2.05, 4.69) is 43.0 Å². The Kier molecular flexibility index (Phi) is 6.12. The van der Waals surface area contributed by atoms with Gasteiger partial charge >= 0.3 is 0 Å². The highest BCUT2D eigenvalue weighted by atomic mass is 16.3. The van der Waals surface area contributed by atoms with Crippen molar-refractivity contribution in [2.45, 2.75) is 32.7 Å². The Labute approximate surface area is 98.9 Å². The zero-order valence-corrected chi connectivity index (χ0v) is 10.4. The number of aliphatic hydroxyl groups excluding tert-OH is 1. The van der Waals surface area contributed by atoms with Crippen molar-refractivity contribution in [3.05, 3.63) is 35.9 Å². The molecule has 0 spiro atoms. The van der Waals surface area contributed by atoms with Gasteiger partial charge in [0.1, 0.15) is 0 Å². The fourth-order valence-corrected chi connectivity index (χ4v) is 1.93. The molecule has 1 aromatic carbocycles. The quantitative estimate of drug-likeness (QED) is 0.765. The highest BCUT2D eigenvalue weighted by Crippen LogP contribution is 2.19. The molecule has 1 aromatic rings. The number of hydrogen-bond donors (Lipinski definition) is 1. The lowest BCUT2D eigenvalue weighted by Gasteiger charge is -2.28. The second-order valence-corrected chi connectivity index (χ2v) is 4.20. The van der Waals surface area contributed by atoms with Gasteiger partial charge in [0.15, 0.2) is 0 Å². The molecule has 0 aliphatic rings. The predicted octanol–water partition coefficient (Wildman–Crippen LogP) is 2.84. The molecule has 0 radical (unpaired) electrons. The lowest BCUT2D eigenvalue weighted by molar-refractivity contribution is 0.156. The van der Waals surface area contributed by atoms with Crippen LogP contribution in [0, 0.1) is 0 Å². The van der Waals surface area contributed by atoms with E-state index >= 15 is 0 Å². The summed E-state index contributed by atoms with van der Waals surface area (Å²) < 4.78 is 0. The van der Waals surface area contributed by atoms with Crippen LogP contribution in [0.5, 0.6) is 0 Å². The Balaban J connectivity index is 2.62. The molecule has 0 fully saturated rings. The first-order chi connectivity index (χ1) is 7.79. The van der Waals surface area contributed by atoms with Gasteiger partial charge in [-0.3, -0.25) is 4.90 Å². The maximum atomic E-state index is 9.09. The molecule has 0 bridgehead atoms. The first-order valence-corrected chi connectivity index (χ1v) is 6.19. The Bertz CT molecular complexity index is 273. The van der Waals surface area contributed by atoms with E-state index in [1.807, 2.05) is 6.07 Å². The van der Waals surface area contributed by atoms with Gasteiger partial charge in [0, 0.05) is 12.6 Å². The zero-order valence-electron chi connectivity index (χ0n) is 10.4. The standard InChI is InChI=1S/C14H23NO/c1-3-4-10-15(11-12-16)13(2)14-8-6-5-7-9-14/h5-9,13,16H,3-4,10-12H2,1-2H3. The summed E-state index contributed by atoms with van der Waals surface area (Å²) in [5, 5.41) is 9.09. The number of rotatable bonds is 7. The summed E-state index contributed by atoms with van der Waals surface area (Å²) in [5.41, 5.74) is 1.33. The number of unbranched alkanes of at least 4 members (excludes halogenated alkanes) is 1. The smallest absolute Gasteiger partial charge is 0.0558 e. The molecule has 90 valence electrons. The largest absolute Gasteiger partial charge is 0.395 e. The van der Waals surface area contributed by atoms with Crippen LogP contribution in [0.25, 0.3) is 0 Å². The molecule has 0 aliphatic heterocycles. The lowest BCUT2D eigenvalue weighted by atomic mass is 10.1. The van der Waals surface area contributed by atoms with Gasteiger partial charge in [-0.1, -0.05) is 43.7 Å². The number of hydrogen-bond acceptors (Lipinski definition) is 2. The van der Waals surface area contributed by atoms with E-state index in [1.54, 1.807) is 0 Å². The molecule has 0 saturated carbocycles. The molecule has 1 unspecified atom stereocenters. The van der Waals surface area contributed by atoms with Crippen molar-refractivity contribution >= 4 is 0 Å². The van der Waals surface area contributed by atoms with Gasteiger partial charge in [0.2, 0.25) is 0 Å². The van der Waals surface area contributed by atoms with Crippen molar-refractivity contribution < 1.29 is 5.11 Å². The SMILES string of the molecule is CCCCN(CCO)C(C)c1ccccc1. The average Bonchev–Trinajstić information content (AvgIpc) is 2.35. The first kappa shape index (κ1) is 13.2. The van der Waals surface area contributed by atoms with Crippen LogP contribution in [0.4, 0.5) is 0 Å². The fourth-order valence-electron chi connectivity index (χ4n) is 1.93. The summed E-state index contributed by atoms with van der Waals surface area (Å²) in [5.74, 6) is 0. The summed E-state index contributed by atoms with van der Waals surface area (Å²) in [7, 11) is 0. The molecular weight excluding hydrogens is 198 g/mol. The molecule has 1 atom stereocenters. The van der Waals surface area contributed by atoms with Crippen molar-refractivity contribution in [2.75, 3.05) is 19.7 Å². The minimum atomic E-state index is 0.237. The third-order valence-electron chi connectivity index (χ3n) is 3.02. The topological polar surface area (TPSA) is 23.5 Å². The van der Waals surface area contributed by atoms with Gasteiger partial charge in [-0.25, -0.2) is 0 Å². The number of nitrogens with zero attached hydrogens (tertiary/aromatic N) is 1. The monoisotopic (exact) mass is 221 g/mol. The van der Waals surface area contributed by atoms with Crippen LogP contribution < -0.4 is 0 Å². The van der Waals surface area contributed by atoms with Crippen molar-refractivity contribution in [1.29, 1.82) is 0 Å². The van der Waals surface area contributed by atoms with Crippen molar-refractivity contribution in [1.82, 2.24) is 4.90 Å². The summed E-state index contributed by atoms with van der Waals surface area (Å²) in [4.78, 5) is 2.35. The molecule has 2 heteroatoms. The molecule has 1 rings (SSSR count). The molecule has 16 heavy (non-hydrogen) atoms. The van der Waals surface area contributed by atoms with E-state index in [0.29, 0.717) is 6.04 Å². The van der Waals surface area contributed by atoms with E-state index in [9.17, 15) is 0 Å². The zero-order chi connectivity index (χ0) is 11.8. The highest BCUT2D eigenvalue weighted by molar-refractivity contribution is 5.18. The van der Waals surface area contributed by atoms with E-state index in [4.69, 9.17) is 5.11 Å². The van der Waals surface area contributed by atoms with Crippen molar-refractivity contribution in [3.8, 4) is 0 Å². The van der Waals surface area contributed by atoms with E-state index in [-0.39, 0.29) is 6.61 Å². The number of aliphatic hydroxyl groups is 1. The minimum absolute atomic E-state index is 0.237. The van der Waals surface area contributed by atoms with Crippen LogP contribution in [0.15, 0.2) is 30.3 Å². The van der Waals surface area contributed by atoms with E-state index < -0.39 is 0 Å². The molecule has 0 saturated heterocycles. The molecule has 0 aliphatic carbocycles. The Morgan fingerprint density at radius 1 is 1.19 bits per heavy atom. The second kappa shape index (κ2) is 7.42. The van der Waals surface area contributed by atoms with Crippen LogP contribution in [-0.4, -0.2) is 29.7 Å². The Morgan fingerprint density at radius 2 is 1.88 bits per heavy atom. The van der Waals surface area contributed by atoms with Crippen molar-refractivity contribution in [2.24, 2.45) is 0 Å². The van der Waals surface area contributed by atoms with Crippen molar-refractivity contribution in [3.63, 3.8) is 0 Å². The van der Waals surface area contributed by atoms with Crippen LogP contribution in [-0.2, 0) is 0 Å². The molecular formula is C14H23NO. The summed E-state index contributed by atoms with van der Waals surface area (Å²) in [6, 6.07) is 10.9. The Hall–Kier alpha value is -0.860. The van der Waals surface area contributed by atoms with Gasteiger partial charge < -0.3 is 5.11 Å². The number of benzene rings is 1. The third kappa shape index (κ3) is 3.95. The van der Waals surface area contributed by atoms with E-state index in [1.165, 1.54) is 18.4 Å². The average molecular weight is 221 g/mol. The highest BCUT2D eigenvalue weighted by Gasteiger charge is 2.13. The summed E-state index contributed by atoms with van der Waals surface area (Å²) in [6.07, 6.45) is 2.39. The van der Waals surface area contributed by atoms with Crippen LogP contribution in [0.3, 0.4) is 0 Å². The summed E-state index contributed by atoms with van der Waals surface area (Å²) in [6.45, 7) is 6.47. The van der Waals surface area contributed by atoms with Gasteiger partial charge in [0.05, 0.1) is 6.61 Å². The maximum absolute atomic E-state index is 9.09. The molecule has 2 nitrogen and oxygen atoms in total. The maximum Gasteiger partial charge on any atom is 0.0558 e. The van der Waals surface area contributed by atoms with Gasteiger partial charge in [-0.2, -0.15) is 0 Å². The lowest BCUT2D eigenvalue weighted by Crippen LogP contribution is -2.30. The molecule has 0 heterocycles. The minimum Gasteiger partial charge on any atom is -0.395 e. The Morgan fingerprint density at radius 3 is 2.44 bits per heavy atom. The predicted molar refractivity (Wildman–Crippen MR) is 68.4 cm³/mol. The normalized spacial score (nSPS) is 13.0. The van der Waals surface area contributed by atoms with Gasteiger partial charge in [0.25, 0.3) is 0 Å². The molecule has 0 aromatic heterocycles. The van der Waals surface area contributed by atoms with Gasteiger partial charge in [-0.15, -0.1) is 0 Å². The summed E-state index contributed by atoms with van der Waals surface area (Å²) >= 11 is 0. The first-order valence-electron chi connectivity index (χ1n) is 6.19. The van der Waals surface area contributed by atoms with Crippen LogP contribution in [0.1, 0.15) is 38.3 Å². The molecule has 0 amide bonds. The molecule has 1 N–H and O–H groups in total. The van der Waals surface area contributed by atoms with Crippen LogP contribution in [0.2, 0.25) is 0 Å². The van der Waals surface area contributed by atoms with Crippen LogP contribution >= 0.6 is 0 Å².